The Morgan fingerprint density at radius 3 is 2.46 bits per heavy atom. The molecule has 0 unspecified atom stereocenters. The van der Waals surface area contributed by atoms with Crippen LogP contribution in [-0.4, -0.2) is 10.9 Å². The third-order valence-corrected chi connectivity index (χ3v) is 4.09. The Hall–Kier alpha value is -3.35. The molecule has 0 saturated heterocycles. The Morgan fingerprint density at radius 2 is 1.75 bits per heavy atom. The fourth-order valence-electron chi connectivity index (χ4n) is 2.62. The molecule has 0 fully saturated rings. The number of hydrogen-bond acceptors (Lipinski definition) is 3. The monoisotopic (exact) mass is 385 g/mol. The molecule has 0 aliphatic rings. The van der Waals surface area contributed by atoms with Crippen molar-refractivity contribution in [2.24, 2.45) is 0 Å². The van der Waals surface area contributed by atoms with E-state index < -0.39 is 11.7 Å². The molecule has 1 aromatic heterocycles. The zero-order chi connectivity index (χ0) is 20.1. The predicted octanol–water partition coefficient (Wildman–Crippen LogP) is 5.08. The first kappa shape index (κ1) is 19.4. The minimum absolute atomic E-state index is 0.103. The van der Waals surface area contributed by atoms with Crippen molar-refractivity contribution in [2.45, 2.75) is 19.6 Å². The Kier molecular flexibility index (Phi) is 5.63. The highest BCUT2D eigenvalue weighted by Gasteiger charge is 2.33. The summed E-state index contributed by atoms with van der Waals surface area (Å²) in [6.07, 6.45) is -1.75. The van der Waals surface area contributed by atoms with Crippen LogP contribution in [0.4, 0.5) is 24.5 Å². The maximum absolute atomic E-state index is 13.1. The number of hydrogen-bond donors (Lipinski definition) is 2. The minimum Gasteiger partial charge on any atom is -0.354 e. The number of halogens is 3. The number of alkyl halides is 3. The summed E-state index contributed by atoms with van der Waals surface area (Å²) >= 11 is 0. The van der Waals surface area contributed by atoms with E-state index in [1.54, 1.807) is 0 Å². The molecule has 1 heterocycles. The summed E-state index contributed by atoms with van der Waals surface area (Å²) in [5.41, 5.74) is 1.72. The van der Waals surface area contributed by atoms with Crippen molar-refractivity contribution >= 4 is 17.3 Å². The summed E-state index contributed by atoms with van der Waals surface area (Å²) in [5, 5.41) is 5.47. The van der Waals surface area contributed by atoms with E-state index in [-0.39, 0.29) is 17.2 Å². The van der Waals surface area contributed by atoms with Crippen molar-refractivity contribution in [1.29, 1.82) is 0 Å². The number of amides is 1. The number of nitrogens with zero attached hydrogens (tertiary/aromatic N) is 1. The zero-order valence-corrected chi connectivity index (χ0v) is 15.0. The van der Waals surface area contributed by atoms with Crippen LogP contribution in [0.2, 0.25) is 0 Å². The number of benzene rings is 2. The molecule has 0 saturated carbocycles. The second-order valence-electron chi connectivity index (χ2n) is 6.30. The van der Waals surface area contributed by atoms with Gasteiger partial charge in [-0.15, -0.1) is 0 Å². The first-order valence-corrected chi connectivity index (χ1v) is 8.55. The number of carbonyl (C=O) groups is 1. The molecule has 0 aliphatic heterocycles. The van der Waals surface area contributed by atoms with E-state index in [9.17, 15) is 18.0 Å². The van der Waals surface area contributed by atoms with Gasteiger partial charge in [-0.3, -0.25) is 9.78 Å². The van der Waals surface area contributed by atoms with Gasteiger partial charge in [0.1, 0.15) is 0 Å². The molecule has 7 heteroatoms. The smallest absolute Gasteiger partial charge is 0.354 e. The quantitative estimate of drug-likeness (QED) is 0.644. The lowest BCUT2D eigenvalue weighted by Gasteiger charge is -2.14. The summed E-state index contributed by atoms with van der Waals surface area (Å²) in [6, 6.07) is 14.3. The molecule has 1 amide bonds. The summed E-state index contributed by atoms with van der Waals surface area (Å²) < 4.78 is 39.4. The van der Waals surface area contributed by atoms with Crippen LogP contribution in [0.5, 0.6) is 0 Å². The summed E-state index contributed by atoms with van der Waals surface area (Å²) in [7, 11) is 0. The molecule has 0 spiro atoms. The number of carbonyl (C=O) groups excluding carboxylic acids is 1. The molecule has 0 aliphatic carbocycles. The molecule has 2 N–H and O–H groups in total. The molecule has 3 aromatic rings. The lowest BCUT2D eigenvalue weighted by atomic mass is 10.1. The highest BCUT2D eigenvalue weighted by molar-refractivity contribution is 5.94. The van der Waals surface area contributed by atoms with Gasteiger partial charge in [0.25, 0.3) is 5.91 Å². The number of aryl methyl sites for hydroxylation is 1. The maximum atomic E-state index is 13.1. The highest BCUT2D eigenvalue weighted by Crippen LogP contribution is 2.35. The third-order valence-electron chi connectivity index (χ3n) is 4.09. The fraction of sp³-hybridized carbons (Fsp3) is 0.143. The van der Waals surface area contributed by atoms with Gasteiger partial charge < -0.3 is 10.6 Å². The van der Waals surface area contributed by atoms with Crippen LogP contribution in [0.15, 0.2) is 67.0 Å². The lowest BCUT2D eigenvalue weighted by molar-refractivity contribution is -0.136. The van der Waals surface area contributed by atoms with Gasteiger partial charge in [0.2, 0.25) is 0 Å². The third kappa shape index (κ3) is 4.88. The number of anilines is 2. The molecule has 4 nitrogen and oxygen atoms in total. The molecular formula is C21H18F3N3O. The van der Waals surface area contributed by atoms with E-state index in [0.29, 0.717) is 12.2 Å². The molecular weight excluding hydrogens is 367 g/mol. The van der Waals surface area contributed by atoms with Crippen molar-refractivity contribution in [2.75, 3.05) is 5.32 Å². The van der Waals surface area contributed by atoms with Gasteiger partial charge >= 0.3 is 6.18 Å². The second kappa shape index (κ2) is 8.12. The van der Waals surface area contributed by atoms with Crippen LogP contribution in [-0.2, 0) is 12.7 Å². The minimum atomic E-state index is -4.49. The topological polar surface area (TPSA) is 54.0 Å². The van der Waals surface area contributed by atoms with Crippen molar-refractivity contribution in [3.8, 4) is 0 Å². The SMILES string of the molecule is Cc1ccc(CNC(=O)c2cncc(Nc3ccccc3C(F)(F)F)c2)cc1. The number of pyridine rings is 1. The van der Waals surface area contributed by atoms with E-state index in [2.05, 4.69) is 15.6 Å². The van der Waals surface area contributed by atoms with E-state index in [1.165, 1.54) is 36.7 Å². The molecule has 2 aromatic carbocycles. The summed E-state index contributed by atoms with van der Waals surface area (Å²) in [5.74, 6) is -0.360. The van der Waals surface area contributed by atoms with Crippen LogP contribution in [0, 0.1) is 6.92 Å². The number of aromatic nitrogens is 1. The van der Waals surface area contributed by atoms with Gasteiger partial charge in [0.15, 0.2) is 0 Å². The number of para-hydroxylation sites is 1. The van der Waals surface area contributed by atoms with Gasteiger partial charge in [-0.1, -0.05) is 42.0 Å². The fourth-order valence-corrected chi connectivity index (χ4v) is 2.62. The van der Waals surface area contributed by atoms with Crippen molar-refractivity contribution in [3.63, 3.8) is 0 Å². The van der Waals surface area contributed by atoms with Gasteiger partial charge in [-0.2, -0.15) is 13.2 Å². The van der Waals surface area contributed by atoms with Crippen LogP contribution >= 0.6 is 0 Å². The van der Waals surface area contributed by atoms with E-state index in [1.807, 2.05) is 31.2 Å². The van der Waals surface area contributed by atoms with E-state index in [0.717, 1.165) is 17.2 Å². The van der Waals surface area contributed by atoms with Crippen molar-refractivity contribution in [1.82, 2.24) is 10.3 Å². The Morgan fingerprint density at radius 1 is 1.04 bits per heavy atom. The first-order valence-electron chi connectivity index (χ1n) is 8.55. The molecule has 0 bridgehead atoms. The molecule has 144 valence electrons. The largest absolute Gasteiger partial charge is 0.418 e. The highest BCUT2D eigenvalue weighted by atomic mass is 19.4. The molecule has 0 atom stereocenters. The lowest BCUT2D eigenvalue weighted by Crippen LogP contribution is -2.23. The summed E-state index contributed by atoms with van der Waals surface area (Å²) in [4.78, 5) is 16.3. The maximum Gasteiger partial charge on any atom is 0.418 e. The van der Waals surface area contributed by atoms with Crippen LogP contribution in [0.3, 0.4) is 0 Å². The second-order valence-corrected chi connectivity index (χ2v) is 6.30. The van der Waals surface area contributed by atoms with Gasteiger partial charge in [-0.25, -0.2) is 0 Å². The normalized spacial score (nSPS) is 11.1. The number of nitrogens with one attached hydrogen (secondary N) is 2. The predicted molar refractivity (Wildman–Crippen MR) is 101 cm³/mol. The zero-order valence-electron chi connectivity index (χ0n) is 15.0. The first-order chi connectivity index (χ1) is 13.3. The van der Waals surface area contributed by atoms with Crippen molar-refractivity contribution < 1.29 is 18.0 Å². The Bertz CT molecular complexity index is 969. The average Bonchev–Trinajstić information content (AvgIpc) is 2.67. The van der Waals surface area contributed by atoms with Crippen LogP contribution in [0.1, 0.15) is 27.0 Å². The van der Waals surface area contributed by atoms with Gasteiger partial charge in [0, 0.05) is 12.7 Å². The number of rotatable bonds is 5. The Balaban J connectivity index is 1.72. The van der Waals surface area contributed by atoms with E-state index in [4.69, 9.17) is 0 Å². The van der Waals surface area contributed by atoms with E-state index >= 15 is 0 Å². The van der Waals surface area contributed by atoms with Gasteiger partial charge in [-0.05, 0) is 30.7 Å². The van der Waals surface area contributed by atoms with Crippen molar-refractivity contribution in [3.05, 3.63) is 89.2 Å². The molecule has 3 rings (SSSR count). The molecule has 0 radical (unpaired) electrons. The molecule has 28 heavy (non-hydrogen) atoms. The van der Waals surface area contributed by atoms with Crippen LogP contribution < -0.4 is 10.6 Å². The van der Waals surface area contributed by atoms with Crippen LogP contribution in [0.25, 0.3) is 0 Å². The summed E-state index contributed by atoms with van der Waals surface area (Å²) in [6.45, 7) is 2.32. The standard InChI is InChI=1S/C21H18F3N3O/c1-14-6-8-15(9-7-14)11-26-20(28)16-10-17(13-25-12-16)27-19-5-3-2-4-18(19)21(22,23)24/h2-10,12-13,27H,11H2,1H3,(H,26,28). The Labute approximate surface area is 160 Å². The van der Waals surface area contributed by atoms with Gasteiger partial charge in [0.05, 0.1) is 28.7 Å². The average molecular weight is 385 g/mol.